The van der Waals surface area contributed by atoms with Crippen molar-refractivity contribution in [2.75, 3.05) is 5.32 Å². The number of para-hydroxylation sites is 1. The first-order valence-electron chi connectivity index (χ1n) is 9.33. The summed E-state index contributed by atoms with van der Waals surface area (Å²) in [5, 5.41) is 6.49. The van der Waals surface area contributed by atoms with Crippen LogP contribution in [0.5, 0.6) is 0 Å². The minimum Gasteiger partial charge on any atom is -0.318 e. The molecular formula is C23H24N4O2. The van der Waals surface area contributed by atoms with E-state index in [1.54, 1.807) is 18.3 Å². The normalized spacial score (nSPS) is 10.9. The van der Waals surface area contributed by atoms with Gasteiger partial charge in [-0.2, -0.15) is 5.10 Å². The van der Waals surface area contributed by atoms with Crippen molar-refractivity contribution in [3.05, 3.63) is 82.7 Å². The monoisotopic (exact) mass is 388 g/mol. The van der Waals surface area contributed by atoms with Crippen molar-refractivity contribution in [2.45, 2.75) is 27.7 Å². The standard InChI is InChI=1S/C23H24N4O2/c1-15-9-11-20(12-10-15)25-22(28)23(29)26-24-14-19-13-17(3)27(18(19)4)21-8-6-5-7-16(21)2/h5-14H,1-4H3,(H,25,28)(H,26,29)/b24-14-. The van der Waals surface area contributed by atoms with Crippen LogP contribution in [0, 0.1) is 27.7 Å². The van der Waals surface area contributed by atoms with Crippen molar-refractivity contribution >= 4 is 23.7 Å². The molecule has 0 atom stereocenters. The van der Waals surface area contributed by atoms with Gasteiger partial charge in [0.05, 0.1) is 6.21 Å². The molecule has 0 radical (unpaired) electrons. The molecule has 0 spiro atoms. The van der Waals surface area contributed by atoms with Crippen molar-refractivity contribution in [1.82, 2.24) is 9.99 Å². The molecule has 0 aliphatic heterocycles. The SMILES string of the molecule is Cc1ccc(NC(=O)C(=O)N/N=C\c2cc(C)n(-c3ccccc3C)c2C)cc1. The summed E-state index contributed by atoms with van der Waals surface area (Å²) >= 11 is 0. The summed E-state index contributed by atoms with van der Waals surface area (Å²) in [7, 11) is 0. The Kier molecular flexibility index (Phi) is 5.93. The quantitative estimate of drug-likeness (QED) is 0.405. The number of carbonyl (C=O) groups is 2. The topological polar surface area (TPSA) is 75.5 Å². The number of amides is 2. The van der Waals surface area contributed by atoms with Crippen LogP contribution in [0.1, 0.15) is 28.1 Å². The van der Waals surface area contributed by atoms with Crippen molar-refractivity contribution in [3.8, 4) is 5.69 Å². The Morgan fingerprint density at radius 3 is 2.31 bits per heavy atom. The number of nitrogens with zero attached hydrogens (tertiary/aromatic N) is 2. The van der Waals surface area contributed by atoms with Gasteiger partial charge in [-0.15, -0.1) is 0 Å². The fourth-order valence-corrected chi connectivity index (χ4v) is 3.14. The predicted molar refractivity (Wildman–Crippen MR) is 116 cm³/mol. The summed E-state index contributed by atoms with van der Waals surface area (Å²) in [5.74, 6) is -1.59. The molecule has 2 amide bonds. The third-order valence-corrected chi connectivity index (χ3v) is 4.71. The molecule has 2 N–H and O–H groups in total. The maximum atomic E-state index is 12.0. The van der Waals surface area contributed by atoms with Crippen LogP contribution in [0.2, 0.25) is 0 Å². The molecule has 148 valence electrons. The Hall–Kier alpha value is -3.67. The first-order valence-corrected chi connectivity index (χ1v) is 9.33. The first-order chi connectivity index (χ1) is 13.9. The van der Waals surface area contributed by atoms with E-state index < -0.39 is 11.8 Å². The zero-order valence-corrected chi connectivity index (χ0v) is 17.0. The molecule has 1 heterocycles. The Bertz CT molecular complexity index is 1080. The third kappa shape index (κ3) is 4.60. The van der Waals surface area contributed by atoms with E-state index in [-0.39, 0.29) is 0 Å². The van der Waals surface area contributed by atoms with E-state index in [9.17, 15) is 9.59 Å². The lowest BCUT2D eigenvalue weighted by Crippen LogP contribution is -2.32. The minimum absolute atomic E-state index is 0.557. The average molecular weight is 388 g/mol. The molecule has 0 aliphatic rings. The van der Waals surface area contributed by atoms with Crippen LogP contribution in [0.4, 0.5) is 5.69 Å². The smallest absolute Gasteiger partial charge is 0.318 e. The molecule has 1 aromatic heterocycles. The molecule has 29 heavy (non-hydrogen) atoms. The second-order valence-electron chi connectivity index (χ2n) is 6.97. The third-order valence-electron chi connectivity index (χ3n) is 4.71. The fraction of sp³-hybridized carbons (Fsp3) is 0.174. The summed E-state index contributed by atoms with van der Waals surface area (Å²) in [6, 6.07) is 17.3. The van der Waals surface area contributed by atoms with Gasteiger partial charge >= 0.3 is 11.8 Å². The minimum atomic E-state index is -0.825. The molecule has 0 unspecified atom stereocenters. The summed E-state index contributed by atoms with van der Waals surface area (Å²) < 4.78 is 2.14. The summed E-state index contributed by atoms with van der Waals surface area (Å²) in [6.07, 6.45) is 1.55. The Morgan fingerprint density at radius 2 is 1.62 bits per heavy atom. The van der Waals surface area contributed by atoms with Gasteiger partial charge in [0, 0.05) is 28.3 Å². The van der Waals surface area contributed by atoms with E-state index in [1.165, 1.54) is 5.56 Å². The highest BCUT2D eigenvalue weighted by Gasteiger charge is 2.14. The Labute approximate surface area is 170 Å². The van der Waals surface area contributed by atoms with E-state index in [1.807, 2.05) is 51.1 Å². The molecule has 6 heteroatoms. The fourth-order valence-electron chi connectivity index (χ4n) is 3.14. The van der Waals surface area contributed by atoms with Crippen LogP contribution >= 0.6 is 0 Å². The summed E-state index contributed by atoms with van der Waals surface area (Å²) in [6.45, 7) is 8.02. The van der Waals surface area contributed by atoms with Gasteiger partial charge in [0.2, 0.25) is 0 Å². The van der Waals surface area contributed by atoms with E-state index >= 15 is 0 Å². The Morgan fingerprint density at radius 1 is 0.931 bits per heavy atom. The Balaban J connectivity index is 1.68. The highest BCUT2D eigenvalue weighted by atomic mass is 16.2. The van der Waals surface area contributed by atoms with E-state index in [0.29, 0.717) is 5.69 Å². The zero-order chi connectivity index (χ0) is 21.0. The number of nitrogens with one attached hydrogen (secondary N) is 2. The second kappa shape index (κ2) is 8.56. The molecule has 0 aliphatic carbocycles. The lowest BCUT2D eigenvalue weighted by atomic mass is 10.2. The van der Waals surface area contributed by atoms with Crippen molar-refractivity contribution < 1.29 is 9.59 Å². The van der Waals surface area contributed by atoms with Crippen molar-refractivity contribution in [1.29, 1.82) is 0 Å². The molecule has 3 aromatic rings. The van der Waals surface area contributed by atoms with Crippen molar-refractivity contribution in [2.24, 2.45) is 5.10 Å². The number of rotatable bonds is 4. The van der Waals surface area contributed by atoms with Gasteiger partial charge in [-0.25, -0.2) is 5.43 Å². The molecule has 0 bridgehead atoms. The maximum Gasteiger partial charge on any atom is 0.329 e. The van der Waals surface area contributed by atoms with Gasteiger partial charge in [-0.05, 0) is 57.5 Å². The van der Waals surface area contributed by atoms with Crippen LogP contribution in [0.25, 0.3) is 5.69 Å². The molecule has 0 saturated heterocycles. The second-order valence-corrected chi connectivity index (χ2v) is 6.97. The lowest BCUT2D eigenvalue weighted by molar-refractivity contribution is -0.136. The predicted octanol–water partition coefficient (Wildman–Crippen LogP) is 3.80. The van der Waals surface area contributed by atoms with Gasteiger partial charge in [0.25, 0.3) is 0 Å². The van der Waals surface area contributed by atoms with Crippen LogP contribution in [-0.4, -0.2) is 22.6 Å². The number of hydrogen-bond acceptors (Lipinski definition) is 3. The van der Waals surface area contributed by atoms with Crippen LogP contribution < -0.4 is 10.7 Å². The largest absolute Gasteiger partial charge is 0.329 e. The number of hydrazone groups is 1. The maximum absolute atomic E-state index is 12.0. The van der Waals surface area contributed by atoms with Gasteiger partial charge < -0.3 is 9.88 Å². The molecular weight excluding hydrogens is 364 g/mol. The van der Waals surface area contributed by atoms with Crippen LogP contribution in [-0.2, 0) is 9.59 Å². The number of anilines is 1. The van der Waals surface area contributed by atoms with Crippen LogP contribution in [0.3, 0.4) is 0 Å². The highest BCUT2D eigenvalue weighted by Crippen LogP contribution is 2.22. The van der Waals surface area contributed by atoms with E-state index in [4.69, 9.17) is 0 Å². The molecule has 0 fully saturated rings. The highest BCUT2D eigenvalue weighted by molar-refractivity contribution is 6.39. The van der Waals surface area contributed by atoms with Crippen LogP contribution in [0.15, 0.2) is 59.7 Å². The number of hydrogen-bond donors (Lipinski definition) is 2. The van der Waals surface area contributed by atoms with Gasteiger partial charge in [-0.1, -0.05) is 35.9 Å². The molecule has 2 aromatic carbocycles. The zero-order valence-electron chi connectivity index (χ0n) is 17.0. The van der Waals surface area contributed by atoms with Gasteiger partial charge in [0.1, 0.15) is 0 Å². The van der Waals surface area contributed by atoms with E-state index in [2.05, 4.69) is 39.5 Å². The number of aromatic nitrogens is 1. The van der Waals surface area contributed by atoms with Gasteiger partial charge in [-0.3, -0.25) is 9.59 Å². The molecule has 3 rings (SSSR count). The van der Waals surface area contributed by atoms with Gasteiger partial charge in [0.15, 0.2) is 0 Å². The number of carbonyl (C=O) groups excluding carboxylic acids is 2. The van der Waals surface area contributed by atoms with Crippen molar-refractivity contribution in [3.63, 3.8) is 0 Å². The average Bonchev–Trinajstić information content (AvgIpc) is 2.97. The van der Waals surface area contributed by atoms with E-state index in [0.717, 1.165) is 28.2 Å². The first kappa shape index (κ1) is 20.1. The lowest BCUT2D eigenvalue weighted by Gasteiger charge is -2.12. The summed E-state index contributed by atoms with van der Waals surface area (Å²) in [5.41, 5.74) is 9.09. The molecule has 0 saturated carbocycles. The number of benzene rings is 2. The summed E-state index contributed by atoms with van der Waals surface area (Å²) in [4.78, 5) is 24.0. The molecule has 6 nitrogen and oxygen atoms in total. The number of aryl methyl sites for hydroxylation is 3.